The van der Waals surface area contributed by atoms with Crippen LogP contribution in [0.5, 0.6) is 0 Å². The number of primary amides is 1. The molecule has 7 nitrogen and oxygen atoms in total. The highest BCUT2D eigenvalue weighted by molar-refractivity contribution is 5.93. The molecule has 0 aliphatic carbocycles. The van der Waals surface area contributed by atoms with E-state index in [9.17, 15) is 4.79 Å². The van der Waals surface area contributed by atoms with Crippen LogP contribution in [0.3, 0.4) is 0 Å². The number of aromatic amines is 1. The summed E-state index contributed by atoms with van der Waals surface area (Å²) in [4.78, 5) is 21.1. The molecule has 0 bridgehead atoms. The summed E-state index contributed by atoms with van der Waals surface area (Å²) in [5.41, 5.74) is 7.62. The van der Waals surface area contributed by atoms with E-state index in [-0.39, 0.29) is 5.92 Å². The summed E-state index contributed by atoms with van der Waals surface area (Å²) in [5, 5.41) is 4.06. The van der Waals surface area contributed by atoms with Crippen LogP contribution < -0.4 is 5.73 Å². The largest absolute Gasteiger partial charge is 0.366 e. The number of likely N-dealkylation sites (tertiary alicyclic amines) is 1. The fourth-order valence-electron chi connectivity index (χ4n) is 3.42. The van der Waals surface area contributed by atoms with Gasteiger partial charge >= 0.3 is 0 Å². The van der Waals surface area contributed by atoms with Gasteiger partial charge in [0.1, 0.15) is 0 Å². The molecule has 0 spiro atoms. The second kappa shape index (κ2) is 7.13. The van der Waals surface area contributed by atoms with Gasteiger partial charge in [-0.3, -0.25) is 9.69 Å². The van der Waals surface area contributed by atoms with Crippen LogP contribution in [0.15, 0.2) is 47.1 Å². The highest BCUT2D eigenvalue weighted by Gasteiger charge is 2.26. The average Bonchev–Trinajstić information content (AvgIpc) is 3.32. The van der Waals surface area contributed by atoms with E-state index in [1.807, 2.05) is 6.07 Å². The lowest BCUT2D eigenvalue weighted by atomic mass is 9.97. The molecule has 1 aliphatic rings. The van der Waals surface area contributed by atoms with Crippen LogP contribution in [0.2, 0.25) is 0 Å². The number of amides is 1. The Morgan fingerprint density at radius 3 is 2.96 bits per heavy atom. The van der Waals surface area contributed by atoms with E-state index in [2.05, 4.69) is 44.3 Å². The molecule has 3 heterocycles. The number of rotatable bonds is 5. The molecule has 2 aromatic heterocycles. The first kappa shape index (κ1) is 16.5. The summed E-state index contributed by atoms with van der Waals surface area (Å²) in [7, 11) is 0. The number of hydrogen-bond donors (Lipinski definition) is 2. The molecule has 1 atom stereocenters. The summed E-state index contributed by atoms with van der Waals surface area (Å²) >= 11 is 0. The number of H-pyrrole nitrogens is 1. The molecule has 3 N–H and O–H groups in total. The van der Waals surface area contributed by atoms with Crippen molar-refractivity contribution in [1.82, 2.24) is 20.0 Å². The molecule has 0 radical (unpaired) electrons. The van der Waals surface area contributed by atoms with Crippen molar-refractivity contribution < 1.29 is 9.32 Å². The quantitative estimate of drug-likeness (QED) is 0.735. The third-order valence-electron chi connectivity index (χ3n) is 4.75. The molecular weight excluding hydrogens is 330 g/mol. The van der Waals surface area contributed by atoms with Crippen LogP contribution >= 0.6 is 0 Å². The lowest BCUT2D eigenvalue weighted by Crippen LogP contribution is -2.34. The summed E-state index contributed by atoms with van der Waals surface area (Å²) < 4.78 is 5.50. The second-order valence-corrected chi connectivity index (χ2v) is 6.68. The van der Waals surface area contributed by atoms with E-state index < -0.39 is 5.91 Å². The number of benzene rings is 1. The van der Waals surface area contributed by atoms with Crippen molar-refractivity contribution in [3.05, 3.63) is 59.6 Å². The van der Waals surface area contributed by atoms with E-state index in [4.69, 9.17) is 10.3 Å². The number of hydrogen-bond acceptors (Lipinski definition) is 5. The molecule has 7 heteroatoms. The maximum atomic E-state index is 11.2. The average molecular weight is 351 g/mol. The minimum atomic E-state index is -0.486. The van der Waals surface area contributed by atoms with Crippen molar-refractivity contribution in [2.45, 2.75) is 25.3 Å². The normalized spacial score (nSPS) is 18.1. The fourth-order valence-corrected chi connectivity index (χ4v) is 3.42. The molecule has 1 aliphatic heterocycles. The van der Waals surface area contributed by atoms with Crippen LogP contribution in [0, 0.1) is 0 Å². The van der Waals surface area contributed by atoms with Gasteiger partial charge in [0, 0.05) is 19.3 Å². The highest BCUT2D eigenvalue weighted by atomic mass is 16.5. The van der Waals surface area contributed by atoms with Gasteiger partial charge in [-0.2, -0.15) is 4.98 Å². The molecule has 4 rings (SSSR count). The van der Waals surface area contributed by atoms with E-state index in [1.54, 1.807) is 12.3 Å². The molecule has 3 aromatic rings. The maximum absolute atomic E-state index is 11.2. The fraction of sp³-hybridized carbons (Fsp3) is 0.316. The number of nitrogens with one attached hydrogen (secondary N) is 1. The third-order valence-corrected chi connectivity index (χ3v) is 4.75. The van der Waals surface area contributed by atoms with Gasteiger partial charge in [0.05, 0.1) is 17.2 Å². The zero-order valence-corrected chi connectivity index (χ0v) is 14.4. The van der Waals surface area contributed by atoms with Crippen molar-refractivity contribution in [1.29, 1.82) is 0 Å². The van der Waals surface area contributed by atoms with E-state index in [0.29, 0.717) is 23.0 Å². The zero-order chi connectivity index (χ0) is 17.9. The van der Waals surface area contributed by atoms with Gasteiger partial charge in [-0.05, 0) is 31.0 Å². The van der Waals surface area contributed by atoms with Gasteiger partial charge in [0.2, 0.25) is 17.6 Å². The van der Waals surface area contributed by atoms with Gasteiger partial charge in [0.25, 0.3) is 0 Å². The molecular formula is C19H21N5O2. The van der Waals surface area contributed by atoms with Crippen molar-refractivity contribution in [3.63, 3.8) is 0 Å². The first-order valence-electron chi connectivity index (χ1n) is 8.77. The van der Waals surface area contributed by atoms with E-state index in [1.165, 1.54) is 5.56 Å². The highest BCUT2D eigenvalue weighted by Crippen LogP contribution is 2.28. The van der Waals surface area contributed by atoms with Gasteiger partial charge < -0.3 is 15.2 Å². The number of nitrogens with two attached hydrogens (primary N) is 1. The molecule has 0 saturated carbocycles. The van der Waals surface area contributed by atoms with Crippen molar-refractivity contribution >= 4 is 5.91 Å². The van der Waals surface area contributed by atoms with Gasteiger partial charge in [-0.1, -0.05) is 35.5 Å². The SMILES string of the molecule is NC(=O)c1c[nH]c(-c2noc(C3CCCN(Cc4ccccc4)C3)n2)c1. The Morgan fingerprint density at radius 2 is 2.19 bits per heavy atom. The smallest absolute Gasteiger partial charge is 0.250 e. The lowest BCUT2D eigenvalue weighted by Gasteiger charge is -2.30. The van der Waals surface area contributed by atoms with Crippen LogP contribution in [0.1, 0.15) is 40.6 Å². The molecule has 26 heavy (non-hydrogen) atoms. The Labute approximate surface area is 151 Å². The molecule has 1 fully saturated rings. The first-order chi connectivity index (χ1) is 12.7. The first-order valence-corrected chi connectivity index (χ1v) is 8.77. The van der Waals surface area contributed by atoms with Crippen molar-refractivity contribution in [2.24, 2.45) is 5.73 Å². The van der Waals surface area contributed by atoms with Crippen molar-refractivity contribution in [2.75, 3.05) is 13.1 Å². The monoisotopic (exact) mass is 351 g/mol. The maximum Gasteiger partial charge on any atom is 0.250 e. The number of carbonyl (C=O) groups is 1. The zero-order valence-electron chi connectivity index (χ0n) is 14.4. The Kier molecular flexibility index (Phi) is 4.53. The summed E-state index contributed by atoms with van der Waals surface area (Å²) in [6, 6.07) is 12.1. The van der Waals surface area contributed by atoms with Crippen LogP contribution in [-0.4, -0.2) is 39.0 Å². The van der Waals surface area contributed by atoms with Crippen molar-refractivity contribution in [3.8, 4) is 11.5 Å². The van der Waals surface area contributed by atoms with Crippen LogP contribution in [-0.2, 0) is 6.54 Å². The van der Waals surface area contributed by atoms with E-state index in [0.717, 1.165) is 32.5 Å². The lowest BCUT2D eigenvalue weighted by molar-refractivity contribution is 0.100. The molecule has 1 unspecified atom stereocenters. The predicted molar refractivity (Wildman–Crippen MR) is 96.3 cm³/mol. The topological polar surface area (TPSA) is 101 Å². The van der Waals surface area contributed by atoms with E-state index >= 15 is 0 Å². The Bertz CT molecular complexity index is 886. The Balaban J connectivity index is 1.45. The Morgan fingerprint density at radius 1 is 1.35 bits per heavy atom. The minimum Gasteiger partial charge on any atom is -0.366 e. The molecule has 1 aromatic carbocycles. The number of carbonyl (C=O) groups excluding carboxylic acids is 1. The van der Waals surface area contributed by atoms with Gasteiger partial charge in [0.15, 0.2) is 0 Å². The third kappa shape index (κ3) is 3.52. The summed E-state index contributed by atoms with van der Waals surface area (Å²) in [6.07, 6.45) is 3.68. The Hall–Kier alpha value is -2.93. The summed E-state index contributed by atoms with van der Waals surface area (Å²) in [5.74, 6) is 0.833. The molecule has 134 valence electrons. The standard InChI is InChI=1S/C19H21N5O2/c20-17(25)15-9-16(21-10-15)18-22-19(26-23-18)14-7-4-8-24(12-14)11-13-5-2-1-3-6-13/h1-3,5-6,9-10,14,21H,4,7-8,11-12H2,(H2,20,25). The van der Waals surface area contributed by atoms with Gasteiger partial charge in [-0.15, -0.1) is 0 Å². The van der Waals surface area contributed by atoms with Crippen LogP contribution in [0.4, 0.5) is 0 Å². The molecule has 1 saturated heterocycles. The second-order valence-electron chi connectivity index (χ2n) is 6.68. The number of piperidine rings is 1. The number of aromatic nitrogens is 3. The molecule has 1 amide bonds. The summed E-state index contributed by atoms with van der Waals surface area (Å²) in [6.45, 7) is 2.90. The van der Waals surface area contributed by atoms with Gasteiger partial charge in [-0.25, -0.2) is 0 Å². The number of nitrogens with zero attached hydrogens (tertiary/aromatic N) is 3. The minimum absolute atomic E-state index is 0.222. The predicted octanol–water partition coefficient (Wildman–Crippen LogP) is 2.54. The van der Waals surface area contributed by atoms with Crippen LogP contribution in [0.25, 0.3) is 11.5 Å².